The maximum absolute atomic E-state index is 12.2. The number of allylic oxidation sites excluding steroid dienone is 1. The van der Waals surface area contributed by atoms with E-state index in [-0.39, 0.29) is 5.95 Å². The molecule has 0 saturated carbocycles. The van der Waals surface area contributed by atoms with Gasteiger partial charge in [0.25, 0.3) is 0 Å². The van der Waals surface area contributed by atoms with Crippen LogP contribution >= 0.6 is 11.9 Å². The van der Waals surface area contributed by atoms with Gasteiger partial charge in [0.1, 0.15) is 5.82 Å². The lowest BCUT2D eigenvalue weighted by Gasteiger charge is -2.10. The standard InChI is InChI=1S/C20H26N6OS/c1-15(10-11-17-8-5-4-6-9-17)24-20(27)26-19-23-16(2)14-18(25-19)21-12-7-13-22-28-3/h4-6,8-11,14,22H,1,7,12-13H2,2-3H3,(H3,21,23,24,25,26,27)/b11-10-. The summed E-state index contributed by atoms with van der Waals surface area (Å²) in [6, 6.07) is 11.2. The van der Waals surface area contributed by atoms with Crippen LogP contribution in [0.25, 0.3) is 6.08 Å². The van der Waals surface area contributed by atoms with E-state index in [0.29, 0.717) is 11.5 Å². The van der Waals surface area contributed by atoms with Crippen molar-refractivity contribution in [1.82, 2.24) is 20.0 Å². The minimum Gasteiger partial charge on any atom is -0.370 e. The predicted octanol–water partition coefficient (Wildman–Crippen LogP) is 3.80. The van der Waals surface area contributed by atoms with E-state index in [2.05, 4.69) is 37.2 Å². The van der Waals surface area contributed by atoms with E-state index in [1.54, 1.807) is 18.0 Å². The van der Waals surface area contributed by atoms with Crippen LogP contribution in [0.3, 0.4) is 0 Å². The Labute approximate surface area is 170 Å². The van der Waals surface area contributed by atoms with Gasteiger partial charge in [-0.3, -0.25) is 10.0 Å². The molecule has 0 bridgehead atoms. The molecule has 2 rings (SSSR count). The molecule has 0 spiro atoms. The second-order valence-electron chi connectivity index (χ2n) is 5.95. The number of aryl methyl sites for hydroxylation is 1. The molecule has 148 valence electrons. The Kier molecular flexibility index (Phi) is 9.03. The highest BCUT2D eigenvalue weighted by Gasteiger charge is 2.07. The highest BCUT2D eigenvalue weighted by atomic mass is 32.2. The number of anilines is 2. The third kappa shape index (κ3) is 8.24. The first kappa shape index (κ1) is 21.5. The number of amides is 2. The van der Waals surface area contributed by atoms with Crippen LogP contribution in [0.4, 0.5) is 16.6 Å². The Morgan fingerprint density at radius 1 is 1.21 bits per heavy atom. The zero-order valence-electron chi connectivity index (χ0n) is 16.2. The zero-order valence-corrected chi connectivity index (χ0v) is 17.0. The molecule has 0 radical (unpaired) electrons. The fourth-order valence-corrected chi connectivity index (χ4v) is 2.62. The fourth-order valence-electron chi connectivity index (χ4n) is 2.28. The molecular weight excluding hydrogens is 372 g/mol. The summed E-state index contributed by atoms with van der Waals surface area (Å²) in [5, 5.41) is 8.54. The number of rotatable bonds is 10. The van der Waals surface area contributed by atoms with E-state index >= 15 is 0 Å². The number of nitrogens with zero attached hydrogens (tertiary/aromatic N) is 2. The predicted molar refractivity (Wildman–Crippen MR) is 118 cm³/mol. The van der Waals surface area contributed by atoms with Gasteiger partial charge in [-0.25, -0.2) is 9.78 Å². The third-order valence-electron chi connectivity index (χ3n) is 3.54. The Bertz CT molecular complexity index is 810. The van der Waals surface area contributed by atoms with Gasteiger partial charge in [-0.1, -0.05) is 54.9 Å². The van der Waals surface area contributed by atoms with Gasteiger partial charge in [0, 0.05) is 30.5 Å². The lowest BCUT2D eigenvalue weighted by atomic mass is 10.2. The lowest BCUT2D eigenvalue weighted by molar-refractivity contribution is 0.254. The quantitative estimate of drug-likeness (QED) is 0.276. The van der Waals surface area contributed by atoms with Crippen molar-refractivity contribution in [1.29, 1.82) is 0 Å². The SMILES string of the molecule is C=C(/C=C\c1ccccc1)NC(=O)Nc1nc(C)cc(NCCCNSC)n1. The molecule has 2 amide bonds. The zero-order chi connectivity index (χ0) is 20.2. The Balaban J connectivity index is 1.85. The molecule has 0 fully saturated rings. The van der Waals surface area contributed by atoms with Gasteiger partial charge in [0.2, 0.25) is 5.95 Å². The minimum atomic E-state index is -0.441. The van der Waals surface area contributed by atoms with E-state index in [0.717, 1.165) is 30.8 Å². The van der Waals surface area contributed by atoms with Crippen LogP contribution in [0.1, 0.15) is 17.7 Å². The van der Waals surface area contributed by atoms with Crippen molar-refractivity contribution in [3.05, 3.63) is 66.0 Å². The van der Waals surface area contributed by atoms with Crippen LogP contribution in [-0.4, -0.2) is 35.3 Å². The number of urea groups is 1. The van der Waals surface area contributed by atoms with Gasteiger partial charge in [-0.15, -0.1) is 0 Å². The summed E-state index contributed by atoms with van der Waals surface area (Å²) >= 11 is 1.60. The van der Waals surface area contributed by atoms with Crippen molar-refractivity contribution in [3.8, 4) is 0 Å². The van der Waals surface area contributed by atoms with Crippen LogP contribution in [0, 0.1) is 6.92 Å². The van der Waals surface area contributed by atoms with Crippen molar-refractivity contribution in [2.45, 2.75) is 13.3 Å². The molecular formula is C20H26N6OS. The van der Waals surface area contributed by atoms with E-state index in [4.69, 9.17) is 0 Å². The largest absolute Gasteiger partial charge is 0.370 e. The summed E-state index contributed by atoms with van der Waals surface area (Å²) in [6.45, 7) is 7.37. The highest BCUT2D eigenvalue weighted by Crippen LogP contribution is 2.10. The van der Waals surface area contributed by atoms with E-state index < -0.39 is 6.03 Å². The summed E-state index contributed by atoms with van der Waals surface area (Å²) in [5.41, 5.74) is 2.25. The van der Waals surface area contributed by atoms with Gasteiger partial charge in [-0.2, -0.15) is 4.98 Å². The molecule has 1 heterocycles. The van der Waals surface area contributed by atoms with Gasteiger partial charge in [0.05, 0.1) is 0 Å². The monoisotopic (exact) mass is 398 g/mol. The number of hydrogen-bond acceptors (Lipinski definition) is 6. The number of aromatic nitrogens is 2. The van der Waals surface area contributed by atoms with Gasteiger partial charge >= 0.3 is 6.03 Å². The van der Waals surface area contributed by atoms with Crippen LogP contribution in [-0.2, 0) is 0 Å². The first-order valence-corrected chi connectivity index (χ1v) is 10.1. The molecule has 0 unspecified atom stereocenters. The molecule has 0 aliphatic rings. The van der Waals surface area contributed by atoms with Crippen LogP contribution in [0.5, 0.6) is 0 Å². The van der Waals surface area contributed by atoms with Gasteiger partial charge < -0.3 is 10.6 Å². The van der Waals surface area contributed by atoms with Crippen molar-refractivity contribution >= 4 is 35.8 Å². The van der Waals surface area contributed by atoms with Gasteiger partial charge in [-0.05, 0) is 31.2 Å². The molecule has 0 saturated heterocycles. The first-order valence-electron chi connectivity index (χ1n) is 8.92. The number of hydrogen-bond donors (Lipinski definition) is 4. The molecule has 2 aromatic rings. The van der Waals surface area contributed by atoms with Crippen molar-refractivity contribution in [2.24, 2.45) is 0 Å². The average molecular weight is 399 g/mol. The number of carbonyl (C=O) groups excluding carboxylic acids is 1. The summed E-state index contributed by atoms with van der Waals surface area (Å²) in [7, 11) is 0. The third-order valence-corrected chi connectivity index (χ3v) is 4.03. The molecule has 0 atom stereocenters. The fraction of sp³-hybridized carbons (Fsp3) is 0.250. The average Bonchev–Trinajstić information content (AvgIpc) is 2.66. The first-order chi connectivity index (χ1) is 13.6. The minimum absolute atomic E-state index is 0.238. The molecule has 0 aliphatic heterocycles. The number of benzene rings is 1. The Hall–Kier alpha value is -2.84. The molecule has 1 aromatic heterocycles. The summed E-state index contributed by atoms with van der Waals surface area (Å²) in [6.07, 6.45) is 6.57. The highest BCUT2D eigenvalue weighted by molar-refractivity contribution is 7.96. The maximum atomic E-state index is 12.2. The molecule has 4 N–H and O–H groups in total. The van der Waals surface area contributed by atoms with Crippen LogP contribution in [0.2, 0.25) is 0 Å². The summed E-state index contributed by atoms with van der Waals surface area (Å²) in [4.78, 5) is 20.7. The molecule has 28 heavy (non-hydrogen) atoms. The Morgan fingerprint density at radius 3 is 2.75 bits per heavy atom. The molecule has 0 aliphatic carbocycles. The van der Waals surface area contributed by atoms with Crippen molar-refractivity contribution in [2.75, 3.05) is 30.0 Å². The normalized spacial score (nSPS) is 10.6. The second kappa shape index (κ2) is 11.8. The van der Waals surface area contributed by atoms with E-state index in [9.17, 15) is 4.79 Å². The summed E-state index contributed by atoms with van der Waals surface area (Å²) < 4.78 is 3.19. The molecule has 7 nitrogen and oxygen atoms in total. The van der Waals surface area contributed by atoms with E-state index in [1.165, 1.54) is 0 Å². The van der Waals surface area contributed by atoms with Crippen LogP contribution in [0.15, 0.2) is 54.8 Å². The molecule has 8 heteroatoms. The summed E-state index contributed by atoms with van der Waals surface area (Å²) in [5.74, 6) is 0.914. The van der Waals surface area contributed by atoms with E-state index in [1.807, 2.05) is 55.7 Å². The topological polar surface area (TPSA) is 91.0 Å². The van der Waals surface area contributed by atoms with Gasteiger partial charge in [0.15, 0.2) is 0 Å². The Morgan fingerprint density at radius 2 is 2.00 bits per heavy atom. The second-order valence-corrected chi connectivity index (χ2v) is 6.64. The smallest absolute Gasteiger partial charge is 0.326 e. The number of nitrogens with one attached hydrogen (secondary N) is 4. The lowest BCUT2D eigenvalue weighted by Crippen LogP contribution is -2.28. The van der Waals surface area contributed by atoms with Crippen molar-refractivity contribution in [3.63, 3.8) is 0 Å². The van der Waals surface area contributed by atoms with Crippen molar-refractivity contribution < 1.29 is 4.79 Å². The molecule has 1 aromatic carbocycles. The number of carbonyl (C=O) groups is 1. The maximum Gasteiger partial charge on any atom is 0.326 e. The van der Waals surface area contributed by atoms with Crippen LogP contribution < -0.4 is 20.7 Å².